The smallest absolute Gasteiger partial charge is 0.164 e. The molecule has 11 rings (SSSR count). The number of nitriles is 1. The monoisotopic (exact) mass is 788 g/mol. The first-order valence-corrected chi connectivity index (χ1v) is 20.7. The molecule has 0 atom stereocenters. The summed E-state index contributed by atoms with van der Waals surface area (Å²) in [7, 11) is 0. The third-order valence-electron chi connectivity index (χ3n) is 11.7. The van der Waals surface area contributed by atoms with Crippen molar-refractivity contribution in [3.05, 3.63) is 224 Å². The highest BCUT2D eigenvalue weighted by Crippen LogP contribution is 2.44. The Morgan fingerprint density at radius 2 is 0.613 bits per heavy atom. The van der Waals surface area contributed by atoms with Gasteiger partial charge in [-0.2, -0.15) is 5.26 Å². The largest absolute Gasteiger partial charge is 0.208 e. The zero-order valence-electron chi connectivity index (χ0n) is 33.6. The number of benzene rings is 10. The maximum atomic E-state index is 10.7. The topological polar surface area (TPSA) is 62.5 Å². The Kier molecular flexibility index (Phi) is 9.19. The highest BCUT2D eigenvalue weighted by atomic mass is 15.0. The van der Waals surface area contributed by atoms with Crippen LogP contribution in [0.5, 0.6) is 0 Å². The molecule has 1 aromatic heterocycles. The van der Waals surface area contributed by atoms with Crippen molar-refractivity contribution in [2.45, 2.75) is 0 Å². The third-order valence-corrected chi connectivity index (χ3v) is 11.7. The van der Waals surface area contributed by atoms with E-state index in [1.807, 2.05) is 97.1 Å². The molecule has 11 aromatic rings. The molecule has 0 aliphatic heterocycles. The van der Waals surface area contributed by atoms with Crippen LogP contribution in [-0.4, -0.2) is 15.0 Å². The summed E-state index contributed by atoms with van der Waals surface area (Å²) in [5.41, 5.74) is 11.7. The molecule has 0 amide bonds. The fourth-order valence-electron chi connectivity index (χ4n) is 8.80. The van der Waals surface area contributed by atoms with Crippen LogP contribution in [0.4, 0.5) is 0 Å². The van der Waals surface area contributed by atoms with Gasteiger partial charge in [-0.15, -0.1) is 0 Å². The van der Waals surface area contributed by atoms with E-state index in [-0.39, 0.29) is 0 Å². The lowest BCUT2D eigenvalue weighted by Gasteiger charge is -2.18. The van der Waals surface area contributed by atoms with Crippen LogP contribution in [0.3, 0.4) is 0 Å². The van der Waals surface area contributed by atoms with Crippen LogP contribution in [0.2, 0.25) is 0 Å². The Morgan fingerprint density at radius 1 is 0.258 bits per heavy atom. The molecular weight excluding hydrogens is 753 g/mol. The lowest BCUT2D eigenvalue weighted by Crippen LogP contribution is -2.00. The average Bonchev–Trinajstić information content (AvgIpc) is 3.36. The van der Waals surface area contributed by atoms with Crippen molar-refractivity contribution >= 4 is 32.3 Å². The molecule has 0 saturated heterocycles. The maximum Gasteiger partial charge on any atom is 0.164 e. The van der Waals surface area contributed by atoms with E-state index in [1.54, 1.807) is 0 Å². The van der Waals surface area contributed by atoms with Crippen LogP contribution >= 0.6 is 0 Å². The van der Waals surface area contributed by atoms with Gasteiger partial charge in [0.15, 0.2) is 17.5 Å². The second-order valence-electron chi connectivity index (χ2n) is 15.4. The molecule has 10 aromatic carbocycles. The quantitative estimate of drug-likeness (QED) is 0.151. The van der Waals surface area contributed by atoms with Crippen molar-refractivity contribution in [2.24, 2.45) is 0 Å². The predicted octanol–water partition coefficient (Wildman–Crippen LogP) is 14.9. The van der Waals surface area contributed by atoms with E-state index in [2.05, 4.69) is 127 Å². The standard InChI is InChI=1S/C58H36N4/c59-37-55-49(38-18-5-1-6-19-38)33-44(34-50(55)39-20-7-2-8-21-39)52-36-54-47-30-15-13-28-45(47)51(35-53(54)48-31-16-14-29-46(48)52)42-26-17-27-43(32-42)58-61-56(40-22-9-3-10-23-40)60-57(62-58)41-24-11-4-12-25-41/h1-36H. The zero-order chi connectivity index (χ0) is 41.4. The Balaban J connectivity index is 1.12. The molecule has 0 N–H and O–H groups in total. The van der Waals surface area contributed by atoms with Crippen LogP contribution < -0.4 is 0 Å². The Bertz CT molecular complexity index is 3390. The van der Waals surface area contributed by atoms with E-state index in [4.69, 9.17) is 15.0 Å². The van der Waals surface area contributed by atoms with Crippen LogP contribution in [0.1, 0.15) is 5.56 Å². The summed E-state index contributed by atoms with van der Waals surface area (Å²) >= 11 is 0. The molecule has 0 aliphatic rings. The van der Waals surface area contributed by atoms with Gasteiger partial charge < -0.3 is 0 Å². The van der Waals surface area contributed by atoms with Gasteiger partial charge in [-0.05, 0) is 96.0 Å². The number of hydrogen-bond acceptors (Lipinski definition) is 4. The van der Waals surface area contributed by atoms with Gasteiger partial charge in [-0.25, -0.2) is 15.0 Å². The number of rotatable bonds is 7. The first-order chi connectivity index (χ1) is 30.7. The summed E-state index contributed by atoms with van der Waals surface area (Å²) in [6, 6.07) is 78.3. The predicted molar refractivity (Wildman–Crippen MR) is 255 cm³/mol. The minimum Gasteiger partial charge on any atom is -0.208 e. The lowest BCUT2D eigenvalue weighted by atomic mass is 9.84. The molecule has 4 nitrogen and oxygen atoms in total. The Morgan fingerprint density at radius 3 is 1.06 bits per heavy atom. The van der Waals surface area contributed by atoms with E-state index in [1.165, 1.54) is 10.8 Å². The summed E-state index contributed by atoms with van der Waals surface area (Å²) in [5.74, 6) is 1.88. The van der Waals surface area contributed by atoms with Crippen molar-refractivity contribution in [2.75, 3.05) is 0 Å². The van der Waals surface area contributed by atoms with Gasteiger partial charge in [0.05, 0.1) is 5.56 Å². The minimum absolute atomic E-state index is 0.618. The van der Waals surface area contributed by atoms with Crippen LogP contribution in [0, 0.1) is 11.3 Å². The summed E-state index contributed by atoms with van der Waals surface area (Å²) in [6.07, 6.45) is 0. The lowest BCUT2D eigenvalue weighted by molar-refractivity contribution is 1.07. The molecule has 4 heteroatoms. The molecule has 0 fully saturated rings. The first kappa shape index (κ1) is 36.6. The second-order valence-corrected chi connectivity index (χ2v) is 15.4. The first-order valence-electron chi connectivity index (χ1n) is 20.7. The number of aromatic nitrogens is 3. The zero-order valence-corrected chi connectivity index (χ0v) is 33.6. The summed E-state index contributed by atoms with van der Waals surface area (Å²) < 4.78 is 0. The van der Waals surface area contributed by atoms with Gasteiger partial charge in [-0.3, -0.25) is 0 Å². The average molecular weight is 789 g/mol. The molecular formula is C58H36N4. The molecule has 0 radical (unpaired) electrons. The summed E-state index contributed by atoms with van der Waals surface area (Å²) in [4.78, 5) is 15.0. The van der Waals surface area contributed by atoms with Crippen LogP contribution in [-0.2, 0) is 0 Å². The molecule has 0 bridgehead atoms. The highest BCUT2D eigenvalue weighted by Gasteiger charge is 2.20. The van der Waals surface area contributed by atoms with Crippen LogP contribution in [0.25, 0.3) is 111 Å². The van der Waals surface area contributed by atoms with E-state index in [0.717, 1.165) is 82.7 Å². The van der Waals surface area contributed by atoms with Gasteiger partial charge in [0.2, 0.25) is 0 Å². The number of hydrogen-bond donors (Lipinski definition) is 0. The van der Waals surface area contributed by atoms with Crippen molar-refractivity contribution in [1.82, 2.24) is 15.0 Å². The van der Waals surface area contributed by atoms with E-state index in [9.17, 15) is 5.26 Å². The third kappa shape index (κ3) is 6.55. The fourth-order valence-corrected chi connectivity index (χ4v) is 8.80. The van der Waals surface area contributed by atoms with E-state index in [0.29, 0.717) is 23.0 Å². The summed E-state index contributed by atoms with van der Waals surface area (Å²) in [6.45, 7) is 0. The molecule has 288 valence electrons. The molecule has 0 unspecified atom stereocenters. The molecule has 0 aliphatic carbocycles. The maximum absolute atomic E-state index is 10.7. The van der Waals surface area contributed by atoms with Crippen molar-refractivity contribution in [3.63, 3.8) is 0 Å². The summed E-state index contributed by atoms with van der Waals surface area (Å²) in [5, 5.41) is 17.6. The van der Waals surface area contributed by atoms with Gasteiger partial charge in [-0.1, -0.05) is 188 Å². The second kappa shape index (κ2) is 15.6. The molecule has 1 heterocycles. The Labute approximate surface area is 359 Å². The van der Waals surface area contributed by atoms with Gasteiger partial charge in [0, 0.05) is 27.8 Å². The SMILES string of the molecule is N#Cc1c(-c2ccccc2)cc(-c2cc3c4ccccc4c(-c4cccc(-c5nc(-c6ccccc6)nc(-c6ccccc6)n5)c4)cc3c3ccccc23)cc1-c1ccccc1. The minimum atomic E-state index is 0.618. The van der Waals surface area contributed by atoms with E-state index >= 15 is 0 Å². The number of nitrogens with zero attached hydrogens (tertiary/aromatic N) is 4. The van der Waals surface area contributed by atoms with Gasteiger partial charge in [0.25, 0.3) is 0 Å². The van der Waals surface area contributed by atoms with Gasteiger partial charge >= 0.3 is 0 Å². The van der Waals surface area contributed by atoms with E-state index < -0.39 is 0 Å². The number of fused-ring (bicyclic) bond motifs is 5. The normalized spacial score (nSPS) is 11.2. The fraction of sp³-hybridized carbons (Fsp3) is 0. The van der Waals surface area contributed by atoms with Gasteiger partial charge in [0.1, 0.15) is 6.07 Å². The van der Waals surface area contributed by atoms with Crippen LogP contribution in [0.15, 0.2) is 218 Å². The highest BCUT2D eigenvalue weighted by molar-refractivity contribution is 6.24. The Hall–Kier alpha value is -8.52. The molecule has 0 saturated carbocycles. The van der Waals surface area contributed by atoms with Crippen molar-refractivity contribution < 1.29 is 0 Å². The molecule has 0 spiro atoms. The molecule has 62 heavy (non-hydrogen) atoms. The van der Waals surface area contributed by atoms with Crippen molar-refractivity contribution in [3.8, 4) is 84.7 Å². The van der Waals surface area contributed by atoms with Crippen molar-refractivity contribution in [1.29, 1.82) is 5.26 Å².